The summed E-state index contributed by atoms with van der Waals surface area (Å²) in [6, 6.07) is 3.54. The van der Waals surface area contributed by atoms with Gasteiger partial charge in [-0.05, 0) is 11.5 Å². The zero-order chi connectivity index (χ0) is 13.9. The Labute approximate surface area is 114 Å². The van der Waals surface area contributed by atoms with E-state index in [-0.39, 0.29) is 6.54 Å². The third-order valence-electron chi connectivity index (χ3n) is 2.08. The number of hydrogen-bond donors (Lipinski definition) is 0. The molecule has 2 rings (SSSR count). The summed E-state index contributed by atoms with van der Waals surface area (Å²) < 4.78 is 30.2. The van der Waals surface area contributed by atoms with Crippen molar-refractivity contribution in [2.45, 2.75) is 6.54 Å². The fourth-order valence-corrected chi connectivity index (χ4v) is 2.33. The van der Waals surface area contributed by atoms with Crippen LogP contribution in [0.15, 0.2) is 35.3 Å². The fourth-order valence-electron chi connectivity index (χ4n) is 1.38. The van der Waals surface area contributed by atoms with Gasteiger partial charge in [0.25, 0.3) is 0 Å². The highest BCUT2D eigenvalue weighted by Gasteiger charge is 2.06. The third-order valence-corrected chi connectivity index (χ3v) is 3.33. The first-order valence-corrected chi connectivity index (χ1v) is 7.78. The summed E-state index contributed by atoms with van der Waals surface area (Å²) in [5, 5.41) is 12.1. The van der Waals surface area contributed by atoms with E-state index in [1.807, 2.05) is 0 Å². The zero-order valence-corrected chi connectivity index (χ0v) is 11.6. The number of pyridine rings is 1. The molecule has 0 unspecified atom stereocenters. The second-order valence-corrected chi connectivity index (χ2v) is 6.15. The monoisotopic (exact) mass is 298 g/mol. The molecule has 0 amide bonds. The highest BCUT2D eigenvalue weighted by molar-refractivity contribution is 7.89. The van der Waals surface area contributed by atoms with Gasteiger partial charge in [-0.25, -0.2) is 18.0 Å². The van der Waals surface area contributed by atoms with Crippen LogP contribution in [0, 0.1) is 0 Å². The van der Waals surface area contributed by atoms with Crippen molar-refractivity contribution in [2.24, 2.45) is 4.40 Å². The van der Waals surface area contributed by atoms with Gasteiger partial charge in [-0.2, -0.15) is 8.77 Å². The number of sulfonamides is 1. The molecule has 0 saturated heterocycles. The van der Waals surface area contributed by atoms with Crippen LogP contribution in [0.25, 0.3) is 10.6 Å². The van der Waals surface area contributed by atoms with Gasteiger partial charge >= 0.3 is 0 Å². The van der Waals surface area contributed by atoms with Gasteiger partial charge in [0.2, 0.25) is 10.0 Å². The molecule has 100 valence electrons. The van der Waals surface area contributed by atoms with Gasteiger partial charge in [-0.15, -0.1) is 0 Å². The molecule has 9 heteroatoms. The van der Waals surface area contributed by atoms with E-state index in [2.05, 4.69) is 13.8 Å². The Balaban J connectivity index is 2.14. The molecule has 0 atom stereocenters. The van der Waals surface area contributed by atoms with Crippen molar-refractivity contribution in [1.82, 2.24) is 9.36 Å². The van der Waals surface area contributed by atoms with Gasteiger partial charge in [0.05, 0.1) is 6.26 Å². The van der Waals surface area contributed by atoms with E-state index < -0.39 is 15.9 Å². The lowest BCUT2D eigenvalue weighted by molar-refractivity contribution is -0.687. The Morgan fingerprint density at radius 1 is 1.47 bits per heavy atom. The van der Waals surface area contributed by atoms with E-state index in [0.717, 1.165) is 16.8 Å². The van der Waals surface area contributed by atoms with E-state index >= 15 is 0 Å². The topological polar surface area (TPSA) is 99.2 Å². The molecule has 0 bridgehead atoms. The molecular weight excluding hydrogens is 288 g/mol. The molecule has 0 spiro atoms. The van der Waals surface area contributed by atoms with Crippen molar-refractivity contribution in [3.8, 4) is 10.6 Å². The van der Waals surface area contributed by atoms with Crippen LogP contribution >= 0.6 is 11.5 Å². The minimum Gasteiger partial charge on any atom is -0.857 e. The van der Waals surface area contributed by atoms with Gasteiger partial charge in [0.15, 0.2) is 18.9 Å². The second-order valence-electron chi connectivity index (χ2n) is 3.72. The zero-order valence-electron chi connectivity index (χ0n) is 9.92. The van der Waals surface area contributed by atoms with E-state index in [1.54, 1.807) is 29.1 Å². The van der Waals surface area contributed by atoms with Crippen LogP contribution in [0.1, 0.15) is 0 Å². The average Bonchev–Trinajstić information content (AvgIpc) is 2.80. The predicted octanol–water partition coefficient (Wildman–Crippen LogP) is -0.789. The fraction of sp³-hybridized carbons (Fsp3) is 0.200. The SMILES string of the molecule is CS(=O)(=O)/N=C(\[O-])C[n+]1ccc(-c2ncns2)cc1. The molecule has 0 radical (unpaired) electrons. The summed E-state index contributed by atoms with van der Waals surface area (Å²) in [5.74, 6) is -0.712. The lowest BCUT2D eigenvalue weighted by Gasteiger charge is -2.05. The summed E-state index contributed by atoms with van der Waals surface area (Å²) in [4.78, 5) is 4.06. The van der Waals surface area contributed by atoms with E-state index in [4.69, 9.17) is 0 Å². The second kappa shape index (κ2) is 5.41. The van der Waals surface area contributed by atoms with Gasteiger partial charge in [-0.1, -0.05) is 0 Å². The molecule has 0 saturated carbocycles. The summed E-state index contributed by atoms with van der Waals surface area (Å²) >= 11 is 1.27. The van der Waals surface area contributed by atoms with Crippen LogP contribution in [-0.4, -0.2) is 29.9 Å². The van der Waals surface area contributed by atoms with Crippen LogP contribution in [0.2, 0.25) is 0 Å². The maximum atomic E-state index is 11.4. The van der Waals surface area contributed by atoms with E-state index in [0.29, 0.717) is 0 Å². The number of nitrogens with zero attached hydrogens (tertiary/aromatic N) is 4. The number of rotatable bonds is 4. The van der Waals surface area contributed by atoms with Crippen LogP contribution in [0.3, 0.4) is 0 Å². The van der Waals surface area contributed by atoms with Crippen LogP contribution in [-0.2, 0) is 16.6 Å². The molecule has 0 aromatic carbocycles. The number of hydrogen-bond acceptors (Lipinski definition) is 6. The summed E-state index contributed by atoms with van der Waals surface area (Å²) in [5.41, 5.74) is 0.881. The molecule has 0 aliphatic rings. The Morgan fingerprint density at radius 3 is 2.68 bits per heavy atom. The van der Waals surface area contributed by atoms with Crippen molar-refractivity contribution in [3.05, 3.63) is 30.9 Å². The highest BCUT2D eigenvalue weighted by atomic mass is 32.2. The van der Waals surface area contributed by atoms with Crippen molar-refractivity contribution in [2.75, 3.05) is 6.26 Å². The normalized spacial score (nSPS) is 12.6. The maximum Gasteiger partial charge on any atom is 0.249 e. The van der Waals surface area contributed by atoms with Gasteiger partial charge in [-0.3, -0.25) is 0 Å². The van der Waals surface area contributed by atoms with Gasteiger partial charge < -0.3 is 5.11 Å². The lowest BCUT2D eigenvalue weighted by Crippen LogP contribution is -2.42. The first kappa shape index (κ1) is 13.6. The average molecular weight is 298 g/mol. The quantitative estimate of drug-likeness (QED) is 0.418. The first-order chi connectivity index (χ1) is 8.94. The molecular formula is C10H10N4O3S2. The Morgan fingerprint density at radius 2 is 2.16 bits per heavy atom. The molecule has 2 aromatic rings. The third kappa shape index (κ3) is 4.07. The van der Waals surface area contributed by atoms with Crippen molar-refractivity contribution >= 4 is 27.5 Å². The molecule has 2 heterocycles. The Bertz CT molecular complexity index is 678. The van der Waals surface area contributed by atoms with Crippen molar-refractivity contribution < 1.29 is 18.1 Å². The van der Waals surface area contributed by atoms with Gasteiger partial charge in [0, 0.05) is 23.6 Å². The van der Waals surface area contributed by atoms with Crippen molar-refractivity contribution in [1.29, 1.82) is 0 Å². The summed E-state index contributed by atoms with van der Waals surface area (Å²) in [6.07, 6.45) is 5.67. The molecule has 7 nitrogen and oxygen atoms in total. The summed E-state index contributed by atoms with van der Waals surface area (Å²) in [6.45, 7) is -0.122. The van der Waals surface area contributed by atoms with Crippen LogP contribution < -0.4 is 9.67 Å². The molecule has 19 heavy (non-hydrogen) atoms. The molecule has 0 aliphatic heterocycles. The smallest absolute Gasteiger partial charge is 0.249 e. The molecule has 2 aromatic heterocycles. The van der Waals surface area contributed by atoms with Crippen LogP contribution in [0.4, 0.5) is 0 Å². The highest BCUT2D eigenvalue weighted by Crippen LogP contribution is 2.17. The molecule has 0 N–H and O–H groups in total. The molecule has 0 aliphatic carbocycles. The number of aromatic nitrogens is 3. The van der Waals surface area contributed by atoms with E-state index in [1.165, 1.54) is 17.9 Å². The first-order valence-electron chi connectivity index (χ1n) is 5.16. The summed E-state index contributed by atoms with van der Waals surface area (Å²) in [7, 11) is -3.64. The van der Waals surface area contributed by atoms with Crippen molar-refractivity contribution in [3.63, 3.8) is 0 Å². The minimum atomic E-state index is -3.64. The maximum absolute atomic E-state index is 11.4. The lowest BCUT2D eigenvalue weighted by atomic mass is 10.3. The standard InChI is InChI=1S/C10H10N4O3S2/c1-19(16,17)13-9(15)6-14-4-2-8(3-5-14)10-11-7-12-18-10/h2-5,7H,6H2,1H3. The largest absolute Gasteiger partial charge is 0.857 e. The Hall–Kier alpha value is -1.87. The van der Waals surface area contributed by atoms with Crippen LogP contribution in [0.5, 0.6) is 0 Å². The minimum absolute atomic E-state index is 0.122. The Kier molecular flexibility index (Phi) is 3.86. The predicted molar refractivity (Wildman–Crippen MR) is 67.8 cm³/mol. The molecule has 0 fully saturated rings. The van der Waals surface area contributed by atoms with Gasteiger partial charge in [0.1, 0.15) is 11.3 Å². The van der Waals surface area contributed by atoms with E-state index in [9.17, 15) is 13.5 Å².